The molecule has 0 aliphatic carbocycles. The summed E-state index contributed by atoms with van der Waals surface area (Å²) < 4.78 is 27.5. The zero-order chi connectivity index (χ0) is 30.6. The van der Waals surface area contributed by atoms with E-state index >= 15 is 0 Å². The number of hydrogen-bond acceptors (Lipinski definition) is 13. The summed E-state index contributed by atoms with van der Waals surface area (Å²) in [6.07, 6.45) is -4.26. The summed E-state index contributed by atoms with van der Waals surface area (Å²) in [6.45, 7) is 4.45. The SMILES string of the molecule is CC(=O)O[C@H]1O[C@@H](SC2=N/C(=C\c3cccs3)C(=O)N2c2ccc(Cl)cc2)[C@H](OC(C)=O)[C@@H](OC(C)=O)[C@@H]1OC(C)=O. The Bertz CT molecular complexity index is 1430. The highest BCUT2D eigenvalue weighted by atomic mass is 35.5. The molecule has 0 unspecified atom stereocenters. The third-order valence-electron chi connectivity index (χ3n) is 5.60. The lowest BCUT2D eigenvalue weighted by Gasteiger charge is -2.43. The van der Waals surface area contributed by atoms with Crippen molar-refractivity contribution in [3.63, 3.8) is 0 Å². The van der Waals surface area contributed by atoms with Crippen LogP contribution >= 0.6 is 34.7 Å². The molecule has 5 atom stereocenters. The summed E-state index contributed by atoms with van der Waals surface area (Å²) in [5.74, 6) is -3.60. The molecular formula is C27H25ClN2O10S2. The maximum absolute atomic E-state index is 13.6. The van der Waals surface area contributed by atoms with Crippen LogP contribution in [0.4, 0.5) is 5.69 Å². The molecule has 4 rings (SSSR count). The largest absolute Gasteiger partial charge is 0.455 e. The number of nitrogens with zero attached hydrogens (tertiary/aromatic N) is 2. The van der Waals surface area contributed by atoms with E-state index in [9.17, 15) is 24.0 Å². The number of benzene rings is 1. The van der Waals surface area contributed by atoms with Crippen LogP contribution in [0.5, 0.6) is 0 Å². The highest BCUT2D eigenvalue weighted by molar-refractivity contribution is 8.14. The number of thiophene rings is 1. The van der Waals surface area contributed by atoms with E-state index in [0.717, 1.165) is 44.3 Å². The average Bonchev–Trinajstić information content (AvgIpc) is 3.51. The van der Waals surface area contributed by atoms with Crippen LogP contribution in [0.15, 0.2) is 52.5 Å². The lowest BCUT2D eigenvalue weighted by atomic mass is 10.0. The molecule has 3 heterocycles. The molecule has 0 spiro atoms. The number of amidine groups is 1. The Morgan fingerprint density at radius 2 is 1.50 bits per heavy atom. The van der Waals surface area contributed by atoms with E-state index < -0.39 is 59.8 Å². The Hall–Kier alpha value is -3.72. The van der Waals surface area contributed by atoms with Crippen molar-refractivity contribution < 1.29 is 47.7 Å². The minimum atomic E-state index is -1.57. The Morgan fingerprint density at radius 1 is 0.905 bits per heavy atom. The number of esters is 4. The number of ether oxygens (including phenoxy) is 5. The first-order valence-electron chi connectivity index (χ1n) is 12.4. The number of thioether (sulfide) groups is 1. The lowest BCUT2D eigenvalue weighted by molar-refractivity contribution is -0.280. The minimum Gasteiger partial charge on any atom is -0.455 e. The molecule has 1 aromatic heterocycles. The number of amides is 1. The van der Waals surface area contributed by atoms with Gasteiger partial charge in [0.1, 0.15) is 5.70 Å². The molecule has 2 aromatic rings. The predicted octanol–water partition coefficient (Wildman–Crippen LogP) is 3.92. The van der Waals surface area contributed by atoms with Crippen LogP contribution in [0.25, 0.3) is 6.08 Å². The maximum atomic E-state index is 13.6. The molecule has 222 valence electrons. The summed E-state index contributed by atoms with van der Waals surface area (Å²) >= 11 is 8.33. The van der Waals surface area contributed by atoms with E-state index in [1.807, 2.05) is 17.5 Å². The molecule has 1 aromatic carbocycles. The van der Waals surface area contributed by atoms with Crippen molar-refractivity contribution in [3.8, 4) is 0 Å². The third kappa shape index (κ3) is 7.56. The van der Waals surface area contributed by atoms with Gasteiger partial charge in [-0.1, -0.05) is 29.4 Å². The fraction of sp³-hybridized carbons (Fsp3) is 0.333. The molecule has 0 bridgehead atoms. The van der Waals surface area contributed by atoms with Gasteiger partial charge in [0.05, 0.1) is 5.69 Å². The number of anilines is 1. The zero-order valence-corrected chi connectivity index (χ0v) is 25.1. The number of aliphatic imine (C=N–C) groups is 1. The van der Waals surface area contributed by atoms with Gasteiger partial charge in [0.25, 0.3) is 5.91 Å². The maximum Gasteiger partial charge on any atom is 0.305 e. The second kappa shape index (κ2) is 13.5. The fourth-order valence-electron chi connectivity index (χ4n) is 4.10. The van der Waals surface area contributed by atoms with E-state index in [1.54, 1.807) is 30.3 Å². The zero-order valence-electron chi connectivity index (χ0n) is 22.7. The van der Waals surface area contributed by atoms with Crippen molar-refractivity contribution in [2.75, 3.05) is 4.90 Å². The summed E-state index contributed by atoms with van der Waals surface area (Å²) in [4.78, 5) is 68.4. The number of halogens is 1. The van der Waals surface area contributed by atoms with Gasteiger partial charge >= 0.3 is 23.9 Å². The van der Waals surface area contributed by atoms with E-state index in [0.29, 0.717) is 10.7 Å². The first-order valence-corrected chi connectivity index (χ1v) is 14.5. The molecule has 0 radical (unpaired) electrons. The number of rotatable bonds is 7. The van der Waals surface area contributed by atoms with Crippen molar-refractivity contribution >= 4 is 81.4 Å². The molecule has 42 heavy (non-hydrogen) atoms. The van der Waals surface area contributed by atoms with Crippen molar-refractivity contribution in [3.05, 3.63) is 57.4 Å². The minimum absolute atomic E-state index is 0.112. The van der Waals surface area contributed by atoms with Gasteiger partial charge in [-0.15, -0.1) is 11.3 Å². The summed E-state index contributed by atoms with van der Waals surface area (Å²) in [6, 6.07) is 10.1. The van der Waals surface area contributed by atoms with Crippen molar-refractivity contribution in [2.24, 2.45) is 4.99 Å². The van der Waals surface area contributed by atoms with Crippen LogP contribution in [0, 0.1) is 0 Å². The Labute approximate surface area is 253 Å². The number of hydrogen-bond donors (Lipinski definition) is 0. The van der Waals surface area contributed by atoms with Crippen LogP contribution in [0.1, 0.15) is 32.6 Å². The molecule has 15 heteroatoms. The fourth-order valence-corrected chi connectivity index (χ4v) is 6.04. The quantitative estimate of drug-likeness (QED) is 0.247. The van der Waals surface area contributed by atoms with Crippen LogP contribution in [-0.4, -0.2) is 65.0 Å². The topological polar surface area (TPSA) is 147 Å². The Morgan fingerprint density at radius 3 is 2.07 bits per heavy atom. The smallest absolute Gasteiger partial charge is 0.305 e. The van der Waals surface area contributed by atoms with Crippen LogP contribution in [-0.2, 0) is 47.7 Å². The molecule has 1 saturated heterocycles. The standard InChI is InChI=1S/C27H25ClN2O10S2/c1-13(31)36-21-22(37-14(2)32)25(39-16(4)34)40-26(23(21)38-15(3)33)42-27-29-20(12-19-6-5-11-41-19)24(35)30(27)18-9-7-17(28)8-10-18/h5-12,21-23,25-26H,1-4H3/b20-12-/t21-,22-,23+,25-,26-/m0/s1. The van der Waals surface area contributed by atoms with Gasteiger partial charge in [0, 0.05) is 37.6 Å². The molecule has 12 nitrogen and oxygen atoms in total. The summed E-state index contributed by atoms with van der Waals surface area (Å²) in [5.41, 5.74) is -0.728. The second-order valence-corrected chi connectivity index (χ2v) is 11.4. The molecular weight excluding hydrogens is 612 g/mol. The van der Waals surface area contributed by atoms with Gasteiger partial charge in [0.15, 0.2) is 22.8 Å². The van der Waals surface area contributed by atoms with Gasteiger partial charge in [-0.2, -0.15) is 0 Å². The molecule has 0 N–H and O–H groups in total. The highest BCUT2D eigenvalue weighted by Crippen LogP contribution is 2.39. The summed E-state index contributed by atoms with van der Waals surface area (Å²) in [7, 11) is 0. The van der Waals surface area contributed by atoms with Gasteiger partial charge in [-0.3, -0.25) is 28.9 Å². The van der Waals surface area contributed by atoms with Gasteiger partial charge < -0.3 is 23.7 Å². The van der Waals surface area contributed by atoms with Gasteiger partial charge in [0.2, 0.25) is 12.4 Å². The average molecular weight is 637 g/mol. The monoisotopic (exact) mass is 636 g/mol. The Balaban J connectivity index is 1.78. The van der Waals surface area contributed by atoms with E-state index in [1.165, 1.54) is 16.2 Å². The second-order valence-electron chi connectivity index (χ2n) is 8.88. The predicted molar refractivity (Wildman–Crippen MR) is 153 cm³/mol. The van der Waals surface area contributed by atoms with Gasteiger partial charge in [-0.05, 0) is 41.8 Å². The number of carbonyl (C=O) groups is 5. The molecule has 2 aliphatic heterocycles. The van der Waals surface area contributed by atoms with E-state index in [-0.39, 0.29) is 10.9 Å². The first kappa shape index (κ1) is 31.2. The molecule has 2 aliphatic rings. The molecule has 0 saturated carbocycles. The van der Waals surface area contributed by atoms with Crippen LogP contribution < -0.4 is 4.90 Å². The van der Waals surface area contributed by atoms with Crippen LogP contribution in [0.2, 0.25) is 5.02 Å². The molecule has 1 fully saturated rings. The highest BCUT2D eigenvalue weighted by Gasteiger charge is 2.54. The van der Waals surface area contributed by atoms with E-state index in [2.05, 4.69) is 4.99 Å². The van der Waals surface area contributed by atoms with Gasteiger partial charge in [-0.25, -0.2) is 4.99 Å². The normalized spacial score (nSPS) is 24.6. The third-order valence-corrected chi connectivity index (χ3v) is 7.77. The van der Waals surface area contributed by atoms with Crippen molar-refractivity contribution in [1.29, 1.82) is 0 Å². The first-order chi connectivity index (χ1) is 19.9. The number of carbonyl (C=O) groups excluding carboxylic acids is 5. The summed E-state index contributed by atoms with van der Waals surface area (Å²) in [5, 5.41) is 2.41. The van der Waals surface area contributed by atoms with E-state index in [4.69, 9.17) is 35.3 Å². The Kier molecular flexibility index (Phi) is 10.0. The van der Waals surface area contributed by atoms with Crippen LogP contribution in [0.3, 0.4) is 0 Å². The van der Waals surface area contributed by atoms with Crippen molar-refractivity contribution in [2.45, 2.75) is 57.7 Å². The van der Waals surface area contributed by atoms with Crippen molar-refractivity contribution in [1.82, 2.24) is 0 Å². The molecule has 1 amide bonds. The lowest BCUT2D eigenvalue weighted by Crippen LogP contribution is -2.61.